The molecular formula is C24H29NO3. The van der Waals surface area contributed by atoms with E-state index in [1.165, 1.54) is 0 Å². The molecule has 28 heavy (non-hydrogen) atoms. The predicted octanol–water partition coefficient (Wildman–Crippen LogP) is 4.00. The lowest BCUT2D eigenvalue weighted by Crippen LogP contribution is -2.26. The van der Waals surface area contributed by atoms with Crippen LogP contribution in [0.2, 0.25) is 0 Å². The Morgan fingerprint density at radius 3 is 2.79 bits per heavy atom. The van der Waals surface area contributed by atoms with Crippen LogP contribution in [-0.4, -0.2) is 18.0 Å². The van der Waals surface area contributed by atoms with E-state index in [0.717, 1.165) is 36.7 Å². The van der Waals surface area contributed by atoms with Gasteiger partial charge in [0.05, 0.1) is 0 Å². The molecule has 4 heteroatoms. The molecule has 0 heterocycles. The maximum atomic E-state index is 12.9. The Labute approximate surface area is 167 Å². The van der Waals surface area contributed by atoms with Crippen LogP contribution >= 0.6 is 0 Å². The first-order chi connectivity index (χ1) is 13.5. The highest BCUT2D eigenvalue weighted by Crippen LogP contribution is 2.27. The van der Waals surface area contributed by atoms with Gasteiger partial charge in [0.25, 0.3) is 0 Å². The Morgan fingerprint density at radius 1 is 1.32 bits per heavy atom. The minimum atomic E-state index is -0.495. The largest absolute Gasteiger partial charge is 0.369 e. The Hall–Kier alpha value is -2.67. The SMILES string of the molecule is CCCC(C)CC#Cc1ccc2c(c1)C(=O)C(CC(CCC=O)C(N)=O)=CC2. The number of hydrogen-bond donors (Lipinski definition) is 1. The number of allylic oxidation sites excluding steroid dienone is 2. The second kappa shape index (κ2) is 10.6. The molecule has 0 spiro atoms. The van der Waals surface area contributed by atoms with E-state index < -0.39 is 11.8 Å². The average Bonchev–Trinajstić information content (AvgIpc) is 2.67. The molecule has 1 aliphatic rings. The number of amides is 1. The van der Waals surface area contributed by atoms with Gasteiger partial charge in [-0.2, -0.15) is 0 Å². The minimum Gasteiger partial charge on any atom is -0.369 e. The number of hydrogen-bond acceptors (Lipinski definition) is 3. The highest BCUT2D eigenvalue weighted by molar-refractivity contribution is 6.11. The fourth-order valence-corrected chi connectivity index (χ4v) is 3.52. The fraction of sp³-hybridized carbons (Fsp3) is 0.458. The van der Waals surface area contributed by atoms with Crippen molar-refractivity contribution in [1.29, 1.82) is 0 Å². The first-order valence-corrected chi connectivity index (χ1v) is 10.0. The van der Waals surface area contributed by atoms with E-state index in [9.17, 15) is 14.4 Å². The predicted molar refractivity (Wildman–Crippen MR) is 111 cm³/mol. The third-order valence-corrected chi connectivity index (χ3v) is 5.18. The second-order valence-corrected chi connectivity index (χ2v) is 7.58. The summed E-state index contributed by atoms with van der Waals surface area (Å²) in [6, 6.07) is 5.77. The minimum absolute atomic E-state index is 0.0680. The summed E-state index contributed by atoms with van der Waals surface area (Å²) >= 11 is 0. The summed E-state index contributed by atoms with van der Waals surface area (Å²) in [6.45, 7) is 4.37. The van der Waals surface area contributed by atoms with Crippen molar-refractivity contribution in [3.63, 3.8) is 0 Å². The van der Waals surface area contributed by atoms with Crippen LogP contribution in [0.1, 0.15) is 73.9 Å². The Balaban J connectivity index is 2.13. The molecule has 0 aliphatic heterocycles. The standard InChI is InChI=1S/C24H29NO3/c1-3-6-17(2)7-4-8-18-10-11-19-12-13-20(23(27)22(19)15-18)16-21(24(25)28)9-5-14-26/h10-11,13-15,17,21H,3,5-7,9,12,16H2,1-2H3,(H2,25,28). The number of primary amides is 1. The van der Waals surface area contributed by atoms with Gasteiger partial charge in [0.2, 0.25) is 5.91 Å². The number of Topliss-reactive ketones (excluding diaryl/α,β-unsaturated/α-hetero) is 1. The molecule has 0 saturated heterocycles. The van der Waals surface area contributed by atoms with E-state index in [2.05, 4.69) is 25.7 Å². The lowest BCUT2D eigenvalue weighted by Gasteiger charge is -2.19. The van der Waals surface area contributed by atoms with Crippen LogP contribution in [0.15, 0.2) is 29.8 Å². The quantitative estimate of drug-likeness (QED) is 0.520. The van der Waals surface area contributed by atoms with E-state index in [-0.39, 0.29) is 18.6 Å². The smallest absolute Gasteiger partial charge is 0.220 e. The van der Waals surface area contributed by atoms with E-state index >= 15 is 0 Å². The molecule has 0 fully saturated rings. The van der Waals surface area contributed by atoms with Crippen molar-refractivity contribution in [3.8, 4) is 11.8 Å². The highest BCUT2D eigenvalue weighted by Gasteiger charge is 2.25. The van der Waals surface area contributed by atoms with Gasteiger partial charge in [-0.1, -0.05) is 50.7 Å². The van der Waals surface area contributed by atoms with Crippen molar-refractivity contribution < 1.29 is 14.4 Å². The van der Waals surface area contributed by atoms with Crippen LogP contribution in [0.3, 0.4) is 0 Å². The number of carbonyl (C=O) groups is 3. The molecule has 0 radical (unpaired) electrons. The third-order valence-electron chi connectivity index (χ3n) is 5.18. The zero-order valence-corrected chi connectivity index (χ0v) is 16.8. The van der Waals surface area contributed by atoms with Crippen molar-refractivity contribution in [3.05, 3.63) is 46.5 Å². The zero-order chi connectivity index (χ0) is 20.5. The van der Waals surface area contributed by atoms with Crippen LogP contribution in [0.4, 0.5) is 0 Å². The van der Waals surface area contributed by atoms with Crippen LogP contribution < -0.4 is 5.73 Å². The van der Waals surface area contributed by atoms with E-state index in [1.807, 2.05) is 24.3 Å². The van der Waals surface area contributed by atoms with E-state index in [4.69, 9.17) is 5.73 Å². The van der Waals surface area contributed by atoms with E-state index in [0.29, 0.717) is 29.9 Å². The van der Waals surface area contributed by atoms with Gasteiger partial charge in [0.1, 0.15) is 6.29 Å². The Kier molecular flexibility index (Phi) is 8.19. The summed E-state index contributed by atoms with van der Waals surface area (Å²) in [5.74, 6) is 5.93. The number of carbonyl (C=O) groups excluding carboxylic acids is 3. The van der Waals surface area contributed by atoms with Gasteiger partial charge >= 0.3 is 0 Å². The van der Waals surface area contributed by atoms with Gasteiger partial charge in [-0.25, -0.2) is 0 Å². The number of fused-ring (bicyclic) bond motifs is 1. The van der Waals surface area contributed by atoms with Crippen LogP contribution in [0.5, 0.6) is 0 Å². The maximum Gasteiger partial charge on any atom is 0.220 e. The summed E-state index contributed by atoms with van der Waals surface area (Å²) in [5, 5.41) is 0. The number of aldehydes is 1. The molecule has 2 rings (SSSR count). The molecule has 0 aromatic heterocycles. The van der Waals surface area contributed by atoms with Crippen molar-refractivity contribution in [2.75, 3.05) is 0 Å². The highest BCUT2D eigenvalue weighted by atomic mass is 16.1. The third kappa shape index (κ3) is 5.92. The van der Waals surface area contributed by atoms with Crippen LogP contribution in [0, 0.1) is 23.7 Å². The average molecular weight is 380 g/mol. The number of nitrogens with two attached hydrogens (primary N) is 1. The van der Waals surface area contributed by atoms with Crippen molar-refractivity contribution >= 4 is 18.0 Å². The molecule has 1 aliphatic carbocycles. The summed E-state index contributed by atoms with van der Waals surface area (Å²) < 4.78 is 0. The van der Waals surface area contributed by atoms with Crippen LogP contribution in [-0.2, 0) is 16.0 Å². The van der Waals surface area contributed by atoms with Gasteiger partial charge in [-0.05, 0) is 48.4 Å². The van der Waals surface area contributed by atoms with E-state index in [1.54, 1.807) is 0 Å². The molecule has 1 amide bonds. The second-order valence-electron chi connectivity index (χ2n) is 7.58. The Bertz CT molecular complexity index is 826. The van der Waals surface area contributed by atoms with Gasteiger partial charge in [0, 0.05) is 29.9 Å². The molecule has 0 bridgehead atoms. The summed E-state index contributed by atoms with van der Waals surface area (Å²) in [5.41, 5.74) is 8.52. The van der Waals surface area contributed by atoms with Gasteiger partial charge < -0.3 is 10.5 Å². The van der Waals surface area contributed by atoms with Gasteiger partial charge in [-0.15, -0.1) is 0 Å². The maximum absolute atomic E-state index is 12.9. The topological polar surface area (TPSA) is 77.2 Å². The van der Waals surface area contributed by atoms with Crippen molar-refractivity contribution in [2.24, 2.45) is 17.6 Å². The molecule has 2 N–H and O–H groups in total. The first kappa shape index (κ1) is 21.6. The normalized spacial score (nSPS) is 14.9. The molecule has 1 aromatic carbocycles. The molecule has 0 saturated carbocycles. The fourth-order valence-electron chi connectivity index (χ4n) is 3.52. The number of ketones is 1. The van der Waals surface area contributed by atoms with Crippen LogP contribution in [0.25, 0.3) is 0 Å². The zero-order valence-electron chi connectivity index (χ0n) is 16.8. The monoisotopic (exact) mass is 379 g/mol. The summed E-state index contributed by atoms with van der Waals surface area (Å²) in [7, 11) is 0. The molecule has 2 atom stereocenters. The first-order valence-electron chi connectivity index (χ1n) is 10.0. The molecule has 148 valence electrons. The summed E-state index contributed by atoms with van der Waals surface area (Å²) in [6.07, 6.45) is 7.39. The molecular weight excluding hydrogens is 350 g/mol. The molecule has 4 nitrogen and oxygen atoms in total. The number of benzene rings is 1. The summed E-state index contributed by atoms with van der Waals surface area (Å²) in [4.78, 5) is 35.2. The van der Waals surface area contributed by atoms with Gasteiger partial charge in [-0.3, -0.25) is 9.59 Å². The Morgan fingerprint density at radius 2 is 2.11 bits per heavy atom. The van der Waals surface area contributed by atoms with Crippen molar-refractivity contribution in [2.45, 2.75) is 58.8 Å². The molecule has 2 unspecified atom stereocenters. The van der Waals surface area contributed by atoms with Gasteiger partial charge in [0.15, 0.2) is 5.78 Å². The lowest BCUT2D eigenvalue weighted by molar-refractivity contribution is -0.122. The van der Waals surface area contributed by atoms with Crippen molar-refractivity contribution in [1.82, 2.24) is 0 Å². The lowest BCUT2D eigenvalue weighted by atomic mass is 9.84. The number of rotatable bonds is 9. The molecule has 1 aromatic rings.